The molecule has 0 aromatic carbocycles. The van der Waals surface area contributed by atoms with Gasteiger partial charge < -0.3 is 14.8 Å². The monoisotopic (exact) mass is 229 g/mol. The molecule has 0 spiro atoms. The predicted molar refractivity (Wildman–Crippen MR) is 62.2 cm³/mol. The van der Waals surface area contributed by atoms with Gasteiger partial charge in [-0.2, -0.15) is 0 Å². The van der Waals surface area contributed by atoms with Crippen LogP contribution in [-0.4, -0.2) is 37.9 Å². The first kappa shape index (κ1) is 13.5. The quantitative estimate of drug-likeness (QED) is 0.791. The van der Waals surface area contributed by atoms with Crippen LogP contribution >= 0.6 is 0 Å². The van der Waals surface area contributed by atoms with E-state index >= 15 is 0 Å². The van der Waals surface area contributed by atoms with Crippen molar-refractivity contribution >= 4 is 5.91 Å². The summed E-state index contributed by atoms with van der Waals surface area (Å²) in [7, 11) is 1.55. The second-order valence-electron chi connectivity index (χ2n) is 4.93. The summed E-state index contributed by atoms with van der Waals surface area (Å²) in [6.45, 7) is 7.22. The normalized spacial score (nSPS) is 20.5. The van der Waals surface area contributed by atoms with E-state index in [0.29, 0.717) is 5.92 Å². The number of methoxy groups -OCH3 is 1. The molecule has 1 amide bonds. The molecule has 0 aromatic heterocycles. The van der Waals surface area contributed by atoms with Crippen molar-refractivity contribution in [2.45, 2.75) is 45.3 Å². The molecule has 1 aliphatic heterocycles. The van der Waals surface area contributed by atoms with Crippen molar-refractivity contribution in [3.63, 3.8) is 0 Å². The van der Waals surface area contributed by atoms with E-state index in [1.165, 1.54) is 0 Å². The molecule has 1 fully saturated rings. The lowest BCUT2D eigenvalue weighted by Crippen LogP contribution is -2.49. The molecule has 0 saturated carbocycles. The van der Waals surface area contributed by atoms with Gasteiger partial charge in [-0.05, 0) is 39.5 Å². The van der Waals surface area contributed by atoms with Crippen molar-refractivity contribution < 1.29 is 14.3 Å². The summed E-state index contributed by atoms with van der Waals surface area (Å²) in [4.78, 5) is 11.9. The van der Waals surface area contributed by atoms with Crippen molar-refractivity contribution in [3.8, 4) is 0 Å². The van der Waals surface area contributed by atoms with Gasteiger partial charge in [0.1, 0.15) is 5.60 Å². The van der Waals surface area contributed by atoms with Gasteiger partial charge in [0.2, 0.25) is 0 Å². The Morgan fingerprint density at radius 1 is 1.44 bits per heavy atom. The number of ether oxygens (including phenoxy) is 2. The van der Waals surface area contributed by atoms with Crippen LogP contribution < -0.4 is 5.32 Å². The largest absolute Gasteiger partial charge is 0.381 e. The second kappa shape index (κ2) is 5.64. The zero-order valence-corrected chi connectivity index (χ0v) is 10.7. The number of hydrogen-bond donors (Lipinski definition) is 1. The third kappa shape index (κ3) is 3.46. The highest BCUT2D eigenvalue weighted by Gasteiger charge is 2.30. The maximum Gasteiger partial charge on any atom is 0.251 e. The molecule has 1 N–H and O–H groups in total. The van der Waals surface area contributed by atoms with Gasteiger partial charge in [-0.15, -0.1) is 0 Å². The van der Waals surface area contributed by atoms with Crippen LogP contribution in [0.5, 0.6) is 0 Å². The molecule has 1 heterocycles. The van der Waals surface area contributed by atoms with Crippen molar-refractivity contribution in [2.24, 2.45) is 5.92 Å². The van der Waals surface area contributed by atoms with Crippen molar-refractivity contribution in [3.05, 3.63) is 0 Å². The van der Waals surface area contributed by atoms with Gasteiger partial charge in [-0.1, -0.05) is 0 Å². The van der Waals surface area contributed by atoms with Gasteiger partial charge >= 0.3 is 0 Å². The van der Waals surface area contributed by atoms with Crippen LogP contribution in [0.3, 0.4) is 0 Å². The van der Waals surface area contributed by atoms with Crippen LogP contribution in [0, 0.1) is 5.92 Å². The van der Waals surface area contributed by atoms with Crippen molar-refractivity contribution in [2.75, 3.05) is 20.3 Å². The van der Waals surface area contributed by atoms with Gasteiger partial charge in [-0.25, -0.2) is 0 Å². The molecule has 0 aromatic rings. The Balaban J connectivity index is 2.43. The van der Waals surface area contributed by atoms with Crippen molar-refractivity contribution in [1.82, 2.24) is 5.32 Å². The molecule has 0 bridgehead atoms. The van der Waals surface area contributed by atoms with Crippen LogP contribution in [0.1, 0.15) is 33.6 Å². The van der Waals surface area contributed by atoms with E-state index in [1.807, 2.05) is 0 Å². The van der Waals surface area contributed by atoms with E-state index in [9.17, 15) is 4.79 Å². The number of hydrogen-bond acceptors (Lipinski definition) is 3. The fraction of sp³-hybridized carbons (Fsp3) is 0.917. The molecule has 1 saturated heterocycles. The Morgan fingerprint density at radius 2 is 2.00 bits per heavy atom. The van der Waals surface area contributed by atoms with E-state index in [2.05, 4.69) is 12.2 Å². The summed E-state index contributed by atoms with van der Waals surface area (Å²) in [6, 6.07) is 0.186. The minimum Gasteiger partial charge on any atom is -0.381 e. The number of rotatable bonds is 4. The van der Waals surface area contributed by atoms with Crippen LogP contribution in [-0.2, 0) is 14.3 Å². The first-order chi connectivity index (χ1) is 7.47. The average molecular weight is 229 g/mol. The highest BCUT2D eigenvalue weighted by molar-refractivity contribution is 5.84. The van der Waals surface area contributed by atoms with Gasteiger partial charge in [0.15, 0.2) is 0 Å². The van der Waals surface area contributed by atoms with Gasteiger partial charge in [0.25, 0.3) is 5.91 Å². The van der Waals surface area contributed by atoms with Crippen LogP contribution in [0.2, 0.25) is 0 Å². The predicted octanol–water partition coefficient (Wildman–Crippen LogP) is 1.34. The maximum absolute atomic E-state index is 11.9. The summed E-state index contributed by atoms with van der Waals surface area (Å²) in [5.41, 5.74) is -0.751. The maximum atomic E-state index is 11.9. The van der Waals surface area contributed by atoms with Gasteiger partial charge in [0.05, 0.1) is 0 Å². The van der Waals surface area contributed by atoms with E-state index in [1.54, 1.807) is 21.0 Å². The number of carbonyl (C=O) groups excluding carboxylic acids is 1. The summed E-state index contributed by atoms with van der Waals surface area (Å²) >= 11 is 0. The Bertz CT molecular complexity index is 234. The number of amides is 1. The van der Waals surface area contributed by atoms with Gasteiger partial charge in [0, 0.05) is 26.4 Å². The minimum atomic E-state index is -0.751. The van der Waals surface area contributed by atoms with Crippen LogP contribution in [0.4, 0.5) is 0 Å². The molecule has 1 atom stereocenters. The fourth-order valence-electron chi connectivity index (χ4n) is 1.81. The molecule has 4 heteroatoms. The minimum absolute atomic E-state index is 0.0472. The van der Waals surface area contributed by atoms with Crippen LogP contribution in [0.15, 0.2) is 0 Å². The lowest BCUT2D eigenvalue weighted by Gasteiger charge is -2.31. The topological polar surface area (TPSA) is 47.6 Å². The molecule has 94 valence electrons. The SMILES string of the molecule is COC(C)(C)C(=O)NC(C)C1CCOCC1. The average Bonchev–Trinajstić information content (AvgIpc) is 2.30. The smallest absolute Gasteiger partial charge is 0.251 e. The van der Waals surface area contributed by atoms with E-state index in [-0.39, 0.29) is 11.9 Å². The second-order valence-corrected chi connectivity index (χ2v) is 4.93. The van der Waals surface area contributed by atoms with Crippen molar-refractivity contribution in [1.29, 1.82) is 0 Å². The molecule has 16 heavy (non-hydrogen) atoms. The molecule has 1 unspecified atom stereocenters. The summed E-state index contributed by atoms with van der Waals surface area (Å²) in [5.74, 6) is 0.472. The van der Waals surface area contributed by atoms with E-state index < -0.39 is 5.60 Å². The third-order valence-corrected chi connectivity index (χ3v) is 3.39. The van der Waals surface area contributed by atoms with Gasteiger partial charge in [-0.3, -0.25) is 4.79 Å². The highest BCUT2D eigenvalue weighted by Crippen LogP contribution is 2.19. The highest BCUT2D eigenvalue weighted by atomic mass is 16.5. The fourth-order valence-corrected chi connectivity index (χ4v) is 1.81. The Labute approximate surface area is 97.7 Å². The number of nitrogens with one attached hydrogen (secondary N) is 1. The molecule has 1 rings (SSSR count). The lowest BCUT2D eigenvalue weighted by molar-refractivity contribution is -0.140. The van der Waals surface area contributed by atoms with Crippen LogP contribution in [0.25, 0.3) is 0 Å². The molecular formula is C12H23NO3. The molecule has 0 aliphatic carbocycles. The third-order valence-electron chi connectivity index (χ3n) is 3.39. The Morgan fingerprint density at radius 3 is 2.50 bits per heavy atom. The zero-order valence-electron chi connectivity index (χ0n) is 10.7. The number of carbonyl (C=O) groups is 1. The first-order valence-corrected chi connectivity index (χ1v) is 5.91. The first-order valence-electron chi connectivity index (χ1n) is 5.91. The summed E-state index contributed by atoms with van der Waals surface area (Å²) in [6.07, 6.45) is 2.05. The molecule has 4 nitrogen and oxygen atoms in total. The zero-order chi connectivity index (χ0) is 12.2. The van der Waals surface area contributed by atoms with E-state index in [4.69, 9.17) is 9.47 Å². The summed E-state index contributed by atoms with van der Waals surface area (Å²) in [5, 5.41) is 3.02. The summed E-state index contributed by atoms with van der Waals surface area (Å²) < 4.78 is 10.5. The molecule has 0 radical (unpaired) electrons. The molecular weight excluding hydrogens is 206 g/mol. The molecule has 1 aliphatic rings. The Hall–Kier alpha value is -0.610. The standard InChI is InChI=1S/C12H23NO3/c1-9(10-5-7-16-8-6-10)13-11(14)12(2,3)15-4/h9-10H,5-8H2,1-4H3,(H,13,14). The lowest BCUT2D eigenvalue weighted by atomic mass is 9.92. The Kier molecular flexibility index (Phi) is 4.74. The van der Waals surface area contributed by atoms with E-state index in [0.717, 1.165) is 26.1 Å².